The van der Waals surface area contributed by atoms with Crippen molar-refractivity contribution >= 4 is 11.6 Å². The van der Waals surface area contributed by atoms with Crippen molar-refractivity contribution in [1.29, 1.82) is 0 Å². The molecule has 0 aromatic heterocycles. The number of halogens is 1. The average Bonchev–Trinajstić information content (AvgIpc) is 2.74. The topological polar surface area (TPSA) is 0 Å². The molecule has 0 radical (unpaired) electrons. The minimum absolute atomic E-state index is 0.506. The van der Waals surface area contributed by atoms with Crippen LogP contribution in [0.4, 0.5) is 0 Å². The minimum Gasteiger partial charge on any atom is -0.124 e. The highest BCUT2D eigenvalue weighted by Gasteiger charge is 2.29. The SMILES string of the molecule is C#C.CC.C\C=C/C=C\C=C(/C)C(Cl)(C/C=C\C/C=C\C)c1ccccc1. The lowest BCUT2D eigenvalue weighted by Gasteiger charge is -2.27. The van der Waals surface area contributed by atoms with Gasteiger partial charge >= 0.3 is 0 Å². The predicted octanol–water partition coefficient (Wildman–Crippen LogP) is 8.39. The number of terminal acetylenes is 1. The van der Waals surface area contributed by atoms with Crippen LogP contribution in [0, 0.1) is 12.8 Å². The maximum absolute atomic E-state index is 7.05. The Morgan fingerprint density at radius 1 is 0.926 bits per heavy atom. The van der Waals surface area contributed by atoms with E-state index in [4.69, 9.17) is 11.6 Å². The van der Waals surface area contributed by atoms with E-state index in [2.05, 4.69) is 62.3 Å². The molecule has 0 saturated heterocycles. The lowest BCUT2D eigenvalue weighted by molar-refractivity contribution is 0.720. The molecule has 0 saturated carbocycles. The van der Waals surface area contributed by atoms with Crippen LogP contribution in [0.5, 0.6) is 0 Å². The number of alkyl halides is 1. The van der Waals surface area contributed by atoms with Crippen molar-refractivity contribution in [1.82, 2.24) is 0 Å². The van der Waals surface area contributed by atoms with Crippen molar-refractivity contribution in [2.24, 2.45) is 0 Å². The van der Waals surface area contributed by atoms with Gasteiger partial charge in [-0.2, -0.15) is 0 Å². The van der Waals surface area contributed by atoms with E-state index in [1.165, 1.54) is 0 Å². The third-order valence-electron chi connectivity index (χ3n) is 3.69. The lowest BCUT2D eigenvalue weighted by Crippen LogP contribution is -2.19. The van der Waals surface area contributed by atoms with Crippen LogP contribution in [0.25, 0.3) is 0 Å². The third-order valence-corrected chi connectivity index (χ3v) is 4.36. The van der Waals surface area contributed by atoms with E-state index >= 15 is 0 Å². The molecule has 0 fully saturated rings. The van der Waals surface area contributed by atoms with Gasteiger partial charge in [-0.15, -0.1) is 24.4 Å². The van der Waals surface area contributed by atoms with E-state index in [0.29, 0.717) is 0 Å². The number of benzene rings is 1. The van der Waals surface area contributed by atoms with Crippen molar-refractivity contribution in [3.8, 4) is 12.8 Å². The molecule has 1 atom stereocenters. The van der Waals surface area contributed by atoms with Gasteiger partial charge in [0.05, 0.1) is 4.87 Å². The van der Waals surface area contributed by atoms with Gasteiger partial charge in [-0.25, -0.2) is 0 Å². The number of allylic oxidation sites excluding steroid dienone is 10. The van der Waals surface area contributed by atoms with Crippen LogP contribution in [0.1, 0.15) is 53.0 Å². The molecular weight excluding hydrogens is 348 g/mol. The summed E-state index contributed by atoms with van der Waals surface area (Å²) in [5, 5.41) is 0. The second-order valence-electron chi connectivity index (χ2n) is 5.41. The summed E-state index contributed by atoms with van der Waals surface area (Å²) in [6.45, 7) is 10.1. The average molecular weight is 383 g/mol. The van der Waals surface area contributed by atoms with E-state index in [0.717, 1.165) is 24.0 Å². The first-order chi connectivity index (χ1) is 13.1. The molecule has 27 heavy (non-hydrogen) atoms. The summed E-state index contributed by atoms with van der Waals surface area (Å²) >= 11 is 7.05. The Kier molecular flexibility index (Phi) is 18.6. The van der Waals surface area contributed by atoms with Gasteiger partial charge in [0, 0.05) is 0 Å². The highest BCUT2D eigenvalue weighted by atomic mass is 35.5. The van der Waals surface area contributed by atoms with Gasteiger partial charge in [-0.3, -0.25) is 0 Å². The fourth-order valence-corrected chi connectivity index (χ4v) is 2.55. The van der Waals surface area contributed by atoms with Crippen LogP contribution in [0.15, 0.2) is 90.6 Å². The van der Waals surface area contributed by atoms with Gasteiger partial charge in [0.2, 0.25) is 0 Å². The van der Waals surface area contributed by atoms with Gasteiger partial charge in [0.1, 0.15) is 0 Å². The molecule has 0 aliphatic heterocycles. The van der Waals surface area contributed by atoms with Crippen molar-refractivity contribution in [3.05, 3.63) is 96.2 Å². The van der Waals surface area contributed by atoms with Crippen LogP contribution >= 0.6 is 11.6 Å². The van der Waals surface area contributed by atoms with Crippen LogP contribution in [-0.2, 0) is 4.87 Å². The summed E-state index contributed by atoms with van der Waals surface area (Å²) in [6.07, 6.45) is 28.4. The molecule has 0 spiro atoms. The Labute approximate surface area is 173 Å². The summed E-state index contributed by atoms with van der Waals surface area (Å²) < 4.78 is 0. The highest BCUT2D eigenvalue weighted by Crippen LogP contribution is 2.40. The number of hydrogen-bond acceptors (Lipinski definition) is 0. The largest absolute Gasteiger partial charge is 0.124 e. The zero-order chi connectivity index (χ0) is 21.0. The highest BCUT2D eigenvalue weighted by molar-refractivity contribution is 6.26. The summed E-state index contributed by atoms with van der Waals surface area (Å²) in [5.41, 5.74) is 2.27. The molecule has 0 aliphatic carbocycles. The first-order valence-corrected chi connectivity index (χ1v) is 9.83. The van der Waals surface area contributed by atoms with E-state index in [1.54, 1.807) is 0 Å². The second kappa shape index (κ2) is 18.6. The molecular formula is C26H35Cl. The Morgan fingerprint density at radius 2 is 1.56 bits per heavy atom. The molecule has 146 valence electrons. The van der Waals surface area contributed by atoms with Gasteiger partial charge in [0.15, 0.2) is 0 Å². The summed E-state index contributed by atoms with van der Waals surface area (Å²) in [4.78, 5) is -0.506. The second-order valence-corrected chi connectivity index (χ2v) is 6.05. The Bertz CT molecular complexity index is 627. The summed E-state index contributed by atoms with van der Waals surface area (Å²) in [7, 11) is 0. The molecule has 1 unspecified atom stereocenters. The van der Waals surface area contributed by atoms with Gasteiger partial charge in [-0.1, -0.05) is 98.9 Å². The number of rotatable bonds is 8. The van der Waals surface area contributed by atoms with E-state index < -0.39 is 4.87 Å². The van der Waals surface area contributed by atoms with Crippen LogP contribution in [-0.4, -0.2) is 0 Å². The lowest BCUT2D eigenvalue weighted by atomic mass is 9.87. The summed E-state index contributed by atoms with van der Waals surface area (Å²) in [6, 6.07) is 10.3. The summed E-state index contributed by atoms with van der Waals surface area (Å²) in [5.74, 6) is 0. The predicted molar refractivity (Wildman–Crippen MR) is 126 cm³/mol. The number of hydrogen-bond donors (Lipinski definition) is 0. The Hall–Kier alpha value is -2.23. The first-order valence-electron chi connectivity index (χ1n) is 9.45. The van der Waals surface area contributed by atoms with E-state index in [1.807, 2.05) is 70.2 Å². The van der Waals surface area contributed by atoms with Crippen molar-refractivity contribution in [3.63, 3.8) is 0 Å². The van der Waals surface area contributed by atoms with Crippen molar-refractivity contribution in [2.45, 2.75) is 52.3 Å². The molecule has 0 aliphatic rings. The van der Waals surface area contributed by atoms with Crippen LogP contribution in [0.3, 0.4) is 0 Å². The molecule has 0 N–H and O–H groups in total. The zero-order valence-corrected chi connectivity index (χ0v) is 18.3. The quantitative estimate of drug-likeness (QED) is 0.183. The molecule has 0 heterocycles. The fourth-order valence-electron chi connectivity index (χ4n) is 2.27. The van der Waals surface area contributed by atoms with Gasteiger partial charge in [-0.05, 0) is 44.7 Å². The molecule has 1 aromatic carbocycles. The van der Waals surface area contributed by atoms with Gasteiger partial charge < -0.3 is 0 Å². The maximum atomic E-state index is 7.05. The Balaban J connectivity index is 0. The molecule has 1 rings (SSSR count). The molecule has 0 nitrogen and oxygen atoms in total. The molecule has 1 aromatic rings. The van der Waals surface area contributed by atoms with Crippen molar-refractivity contribution in [2.75, 3.05) is 0 Å². The van der Waals surface area contributed by atoms with E-state index in [-0.39, 0.29) is 0 Å². The van der Waals surface area contributed by atoms with Crippen LogP contribution < -0.4 is 0 Å². The Morgan fingerprint density at radius 3 is 2.11 bits per heavy atom. The smallest absolute Gasteiger partial charge is 0.0938 e. The zero-order valence-electron chi connectivity index (χ0n) is 17.5. The van der Waals surface area contributed by atoms with E-state index in [9.17, 15) is 0 Å². The van der Waals surface area contributed by atoms with Crippen LogP contribution in [0.2, 0.25) is 0 Å². The maximum Gasteiger partial charge on any atom is 0.0938 e. The molecule has 0 bridgehead atoms. The first kappa shape index (κ1) is 27.0. The minimum atomic E-state index is -0.506. The molecule has 0 amide bonds. The standard InChI is InChI=1S/C22H27Cl.C2H6.C2H2/c1-4-6-8-10-15-19-22(23,21-17-13-11-14-18-21)20(3)16-12-9-7-5-2;2*1-2/h4-7,9-18H,8,19H2,1-3H3;1-2H3;1-2H/b6-4-,7-5-,12-9-,15-10-,20-16+;;. The van der Waals surface area contributed by atoms with Crippen molar-refractivity contribution < 1.29 is 0 Å². The monoisotopic (exact) mass is 382 g/mol. The third kappa shape index (κ3) is 11.2. The fraction of sp³-hybridized carbons (Fsp3) is 0.308. The van der Waals surface area contributed by atoms with Gasteiger partial charge in [0.25, 0.3) is 0 Å². The normalized spacial score (nSPS) is 14.0. The molecule has 1 heteroatoms.